The van der Waals surface area contributed by atoms with Crippen LogP contribution in [0, 0.1) is 0 Å². The molecule has 0 aliphatic rings. The van der Waals surface area contributed by atoms with Gasteiger partial charge in [-0.1, -0.05) is 6.07 Å². The van der Waals surface area contributed by atoms with E-state index in [0.717, 1.165) is 15.6 Å². The lowest BCUT2D eigenvalue weighted by atomic mass is 10.2. The molecule has 7 nitrogen and oxygen atoms in total. The van der Waals surface area contributed by atoms with Crippen molar-refractivity contribution in [3.63, 3.8) is 0 Å². The Morgan fingerprint density at radius 2 is 1.85 bits per heavy atom. The largest absolute Gasteiger partial charge is 0.452 e. The zero-order valence-electron chi connectivity index (χ0n) is 14.5. The Labute approximate surface area is 156 Å². The van der Waals surface area contributed by atoms with Crippen LogP contribution < -0.4 is 5.32 Å². The summed E-state index contributed by atoms with van der Waals surface area (Å²) in [6.07, 6.45) is 0.721. The van der Waals surface area contributed by atoms with E-state index in [1.54, 1.807) is 11.3 Å². The van der Waals surface area contributed by atoms with Gasteiger partial charge in [-0.05, 0) is 42.1 Å². The van der Waals surface area contributed by atoms with Crippen molar-refractivity contribution in [2.75, 3.05) is 27.2 Å². The first-order valence-corrected chi connectivity index (χ1v) is 10.1. The topological polar surface area (TPSA) is 92.8 Å². The summed E-state index contributed by atoms with van der Waals surface area (Å²) in [5, 5.41) is 4.64. The molecule has 1 amide bonds. The minimum absolute atomic E-state index is 0.0744. The lowest BCUT2D eigenvalue weighted by molar-refractivity contribution is -0.124. The summed E-state index contributed by atoms with van der Waals surface area (Å²) in [5.41, 5.74) is 0.175. The van der Waals surface area contributed by atoms with Gasteiger partial charge in [-0.2, -0.15) is 0 Å². The second-order valence-corrected chi connectivity index (χ2v) is 8.75. The third kappa shape index (κ3) is 5.38. The van der Waals surface area contributed by atoms with Gasteiger partial charge in [0.1, 0.15) is 0 Å². The van der Waals surface area contributed by atoms with Crippen LogP contribution in [-0.4, -0.2) is 51.8 Å². The molecule has 2 rings (SSSR count). The summed E-state index contributed by atoms with van der Waals surface area (Å²) in [6.45, 7) is 0.0784. The van der Waals surface area contributed by atoms with E-state index in [9.17, 15) is 18.0 Å². The molecule has 0 atom stereocenters. The van der Waals surface area contributed by atoms with Crippen molar-refractivity contribution in [1.82, 2.24) is 9.62 Å². The minimum Gasteiger partial charge on any atom is -0.452 e. The highest BCUT2D eigenvalue weighted by Gasteiger charge is 2.18. The van der Waals surface area contributed by atoms with Gasteiger partial charge in [0, 0.05) is 25.5 Å². The van der Waals surface area contributed by atoms with Gasteiger partial charge in [-0.15, -0.1) is 11.3 Å². The fourth-order valence-electron chi connectivity index (χ4n) is 2.02. The molecular formula is C17H20N2O5S2. The average Bonchev–Trinajstić information content (AvgIpc) is 3.13. The van der Waals surface area contributed by atoms with E-state index in [2.05, 4.69) is 5.32 Å². The quantitative estimate of drug-likeness (QED) is 0.683. The van der Waals surface area contributed by atoms with E-state index in [1.165, 1.54) is 38.4 Å². The number of carbonyl (C=O) groups excluding carboxylic acids is 2. The highest BCUT2D eigenvalue weighted by molar-refractivity contribution is 7.89. The Kier molecular flexibility index (Phi) is 6.90. The van der Waals surface area contributed by atoms with E-state index in [0.29, 0.717) is 6.54 Å². The number of amides is 1. The Morgan fingerprint density at radius 1 is 1.15 bits per heavy atom. The molecule has 9 heteroatoms. The van der Waals surface area contributed by atoms with Crippen LogP contribution in [0.3, 0.4) is 0 Å². The standard InChI is InChI=1S/C17H20N2O5S2/c1-19(2)26(22,23)15-7-5-13(6-8-15)17(21)24-12-16(20)18-10-9-14-4-3-11-25-14/h3-8,11H,9-10,12H2,1-2H3,(H,18,20). The first-order chi connectivity index (χ1) is 12.3. The van der Waals surface area contributed by atoms with Crippen LogP contribution in [0.25, 0.3) is 0 Å². The van der Waals surface area contributed by atoms with Crippen molar-refractivity contribution in [3.8, 4) is 0 Å². The minimum atomic E-state index is -3.56. The van der Waals surface area contributed by atoms with E-state index in [1.807, 2.05) is 17.5 Å². The molecule has 2 aromatic rings. The number of hydrogen-bond donors (Lipinski definition) is 1. The summed E-state index contributed by atoms with van der Waals surface area (Å²) in [6, 6.07) is 9.29. The molecule has 0 aliphatic carbocycles. The molecule has 26 heavy (non-hydrogen) atoms. The van der Waals surface area contributed by atoms with Crippen molar-refractivity contribution in [2.24, 2.45) is 0 Å². The van der Waals surface area contributed by atoms with E-state index < -0.39 is 16.0 Å². The number of benzene rings is 1. The maximum absolute atomic E-state index is 12.0. The number of sulfonamides is 1. The zero-order chi connectivity index (χ0) is 19.2. The number of nitrogens with zero attached hydrogens (tertiary/aromatic N) is 1. The van der Waals surface area contributed by atoms with Crippen LogP contribution >= 0.6 is 11.3 Å². The summed E-state index contributed by atoms with van der Waals surface area (Å²) < 4.78 is 30.0. The zero-order valence-corrected chi connectivity index (χ0v) is 16.1. The molecule has 0 saturated carbocycles. The molecule has 0 unspecified atom stereocenters. The van der Waals surface area contributed by atoms with Crippen LogP contribution in [0.5, 0.6) is 0 Å². The molecule has 0 bridgehead atoms. The number of carbonyl (C=O) groups is 2. The number of rotatable bonds is 8. The predicted molar refractivity (Wildman–Crippen MR) is 98.6 cm³/mol. The Bertz CT molecular complexity index is 844. The van der Waals surface area contributed by atoms with Crippen LogP contribution in [0.2, 0.25) is 0 Å². The van der Waals surface area contributed by atoms with Crippen molar-refractivity contribution in [3.05, 3.63) is 52.2 Å². The maximum atomic E-state index is 12.0. The van der Waals surface area contributed by atoms with Crippen LogP contribution in [0.4, 0.5) is 0 Å². The van der Waals surface area contributed by atoms with E-state index >= 15 is 0 Å². The number of hydrogen-bond acceptors (Lipinski definition) is 6. The number of esters is 1. The van der Waals surface area contributed by atoms with Crippen molar-refractivity contribution >= 4 is 33.2 Å². The van der Waals surface area contributed by atoms with Gasteiger partial charge in [0.25, 0.3) is 5.91 Å². The summed E-state index contributed by atoms with van der Waals surface area (Å²) >= 11 is 1.61. The van der Waals surface area contributed by atoms with Gasteiger partial charge in [-0.25, -0.2) is 17.5 Å². The normalized spacial score (nSPS) is 11.3. The van der Waals surface area contributed by atoms with Crippen molar-refractivity contribution in [1.29, 1.82) is 0 Å². The van der Waals surface area contributed by atoms with Crippen LogP contribution in [0.1, 0.15) is 15.2 Å². The third-order valence-electron chi connectivity index (χ3n) is 3.48. The second kappa shape index (κ2) is 8.93. The van der Waals surface area contributed by atoms with Gasteiger partial charge in [-0.3, -0.25) is 4.79 Å². The molecule has 1 aromatic carbocycles. The summed E-state index contributed by atoms with van der Waals surface area (Å²) in [7, 11) is -0.706. The molecule has 0 spiro atoms. The molecule has 0 fully saturated rings. The Balaban J connectivity index is 1.81. The smallest absolute Gasteiger partial charge is 0.338 e. The number of ether oxygens (including phenoxy) is 1. The van der Waals surface area contributed by atoms with E-state index in [-0.39, 0.29) is 23.0 Å². The summed E-state index contributed by atoms with van der Waals surface area (Å²) in [4.78, 5) is 24.9. The first-order valence-electron chi connectivity index (χ1n) is 7.79. The highest BCUT2D eigenvalue weighted by Crippen LogP contribution is 2.14. The second-order valence-electron chi connectivity index (χ2n) is 5.57. The van der Waals surface area contributed by atoms with Gasteiger partial charge in [0.2, 0.25) is 10.0 Å². The third-order valence-corrected chi connectivity index (χ3v) is 6.24. The Hall–Kier alpha value is -2.23. The summed E-state index contributed by atoms with van der Waals surface area (Å²) in [5.74, 6) is -1.08. The fourth-order valence-corrected chi connectivity index (χ4v) is 3.63. The van der Waals surface area contributed by atoms with Crippen LogP contribution in [0.15, 0.2) is 46.7 Å². The number of nitrogens with one attached hydrogen (secondary N) is 1. The molecule has 1 aromatic heterocycles. The van der Waals surface area contributed by atoms with Gasteiger partial charge < -0.3 is 10.1 Å². The molecule has 0 saturated heterocycles. The van der Waals surface area contributed by atoms with Crippen LogP contribution in [-0.2, 0) is 26.0 Å². The van der Waals surface area contributed by atoms with Crippen molar-refractivity contribution in [2.45, 2.75) is 11.3 Å². The molecular weight excluding hydrogens is 376 g/mol. The molecule has 1 N–H and O–H groups in total. The van der Waals surface area contributed by atoms with Gasteiger partial charge in [0.05, 0.1) is 10.5 Å². The fraction of sp³-hybridized carbons (Fsp3) is 0.294. The predicted octanol–water partition coefficient (Wildman–Crippen LogP) is 1.51. The number of thiophene rings is 1. The van der Waals surface area contributed by atoms with E-state index in [4.69, 9.17) is 4.74 Å². The Morgan fingerprint density at radius 3 is 2.42 bits per heavy atom. The lowest BCUT2D eigenvalue weighted by Crippen LogP contribution is -2.30. The van der Waals surface area contributed by atoms with Gasteiger partial charge in [0.15, 0.2) is 6.61 Å². The molecule has 1 heterocycles. The lowest BCUT2D eigenvalue weighted by Gasteiger charge is -2.11. The molecule has 0 radical (unpaired) electrons. The monoisotopic (exact) mass is 396 g/mol. The SMILES string of the molecule is CN(C)S(=O)(=O)c1ccc(C(=O)OCC(=O)NCCc2cccs2)cc1. The molecule has 0 aliphatic heterocycles. The van der Waals surface area contributed by atoms with Crippen molar-refractivity contribution < 1.29 is 22.7 Å². The maximum Gasteiger partial charge on any atom is 0.338 e. The highest BCUT2D eigenvalue weighted by atomic mass is 32.2. The first kappa shape index (κ1) is 20.1. The average molecular weight is 396 g/mol. The molecule has 140 valence electrons. The van der Waals surface area contributed by atoms with Gasteiger partial charge >= 0.3 is 5.97 Å².